The number of phosphoric ester groups is 1. The molecular formula is C38H82NO10P. The number of hydrogen-bond acceptors (Lipinski definition) is 10. The molecule has 0 saturated heterocycles. The van der Waals surface area contributed by atoms with Crippen LogP contribution in [0, 0.1) is 0 Å². The molecule has 0 aliphatic heterocycles. The fourth-order valence-electron chi connectivity index (χ4n) is 5.45. The maximum Gasteiger partial charge on any atom is 0.472 e. The molecule has 0 aromatic rings. The van der Waals surface area contributed by atoms with Gasteiger partial charge in [-0.25, -0.2) is 19.1 Å². The van der Waals surface area contributed by atoms with E-state index in [1.54, 1.807) is 0 Å². The van der Waals surface area contributed by atoms with Crippen molar-refractivity contribution in [1.82, 2.24) is 5.39 Å². The fourth-order valence-corrected chi connectivity index (χ4v) is 6.24. The van der Waals surface area contributed by atoms with Crippen LogP contribution in [0.15, 0.2) is 0 Å². The number of phosphoric acid groups is 1. The van der Waals surface area contributed by atoms with Crippen molar-refractivity contribution >= 4 is 7.82 Å². The lowest BCUT2D eigenvalue weighted by molar-refractivity contribution is -0.527. The van der Waals surface area contributed by atoms with Gasteiger partial charge < -0.3 is 20.2 Å². The SMILES string of the molecule is CCCCCCCCCCCCCCCCOP(=O)(O)OCCCCCCCCCCCCCCCC.OCCON(OCCO)OCCO. The quantitative estimate of drug-likeness (QED) is 0.0269. The highest BCUT2D eigenvalue weighted by Crippen LogP contribution is 2.43. The number of nitrogens with zero attached hydrogens (tertiary/aromatic N) is 1. The molecule has 0 unspecified atom stereocenters. The molecule has 0 radical (unpaired) electrons. The van der Waals surface area contributed by atoms with Crippen molar-refractivity contribution in [2.45, 2.75) is 194 Å². The van der Waals surface area contributed by atoms with Crippen molar-refractivity contribution < 1.29 is 48.3 Å². The van der Waals surface area contributed by atoms with Gasteiger partial charge >= 0.3 is 7.82 Å². The molecule has 4 N–H and O–H groups in total. The number of aliphatic hydroxyl groups is 3. The molecule has 11 nitrogen and oxygen atoms in total. The lowest BCUT2D eigenvalue weighted by Crippen LogP contribution is -2.28. The summed E-state index contributed by atoms with van der Waals surface area (Å²) in [7, 11) is -3.87. The van der Waals surface area contributed by atoms with E-state index in [4.69, 9.17) is 38.9 Å². The first-order valence-corrected chi connectivity index (χ1v) is 22.1. The maximum absolute atomic E-state index is 12.0. The van der Waals surface area contributed by atoms with Crippen LogP contribution in [0.3, 0.4) is 0 Å². The van der Waals surface area contributed by atoms with Gasteiger partial charge in [-0.05, 0) is 12.8 Å². The average Bonchev–Trinajstić information content (AvgIpc) is 3.11. The lowest BCUT2D eigenvalue weighted by atomic mass is 10.0. The molecule has 0 aromatic heterocycles. The predicted molar refractivity (Wildman–Crippen MR) is 203 cm³/mol. The standard InChI is InChI=1S/C32H67O4P.C6H15NO6/c1-3-5-7-9-11-13-15-17-19-21-23-25-27-29-31-35-37(33,34)36-32-30-28-26-24-22-20-18-16-14-12-10-8-6-4-2;8-1-4-11-7(12-5-2-9)13-6-3-10/h3-32H2,1-2H3,(H,33,34);8-10H,1-6H2. The molecular weight excluding hydrogens is 661 g/mol. The zero-order valence-electron chi connectivity index (χ0n) is 32.6. The Morgan fingerprint density at radius 1 is 0.380 bits per heavy atom. The molecule has 0 aliphatic rings. The van der Waals surface area contributed by atoms with Crippen LogP contribution in [0.25, 0.3) is 0 Å². The summed E-state index contributed by atoms with van der Waals surface area (Å²) in [6, 6.07) is 0. The van der Waals surface area contributed by atoms with E-state index >= 15 is 0 Å². The van der Waals surface area contributed by atoms with Crippen molar-refractivity contribution in [2.75, 3.05) is 52.9 Å². The van der Waals surface area contributed by atoms with Gasteiger partial charge in [-0.15, -0.1) is 0 Å². The highest BCUT2D eigenvalue weighted by atomic mass is 31.2. The summed E-state index contributed by atoms with van der Waals surface area (Å²) in [6.07, 6.45) is 36.4. The molecule has 12 heteroatoms. The first-order valence-electron chi connectivity index (χ1n) is 20.6. The summed E-state index contributed by atoms with van der Waals surface area (Å²) < 4.78 is 22.3. The Morgan fingerprint density at radius 3 is 0.820 bits per heavy atom. The monoisotopic (exact) mass is 744 g/mol. The Morgan fingerprint density at radius 2 is 0.600 bits per heavy atom. The fraction of sp³-hybridized carbons (Fsp3) is 1.00. The molecule has 0 spiro atoms. The molecule has 304 valence electrons. The van der Waals surface area contributed by atoms with Gasteiger partial charge in [-0.1, -0.05) is 181 Å². The average molecular weight is 744 g/mol. The Balaban J connectivity index is 0. The number of unbranched alkanes of at least 4 members (excludes halogenated alkanes) is 26. The minimum Gasteiger partial charge on any atom is -0.394 e. The second-order valence-electron chi connectivity index (χ2n) is 13.2. The van der Waals surface area contributed by atoms with Gasteiger partial charge in [0, 0.05) is 0 Å². The minimum atomic E-state index is -3.87. The summed E-state index contributed by atoms with van der Waals surface area (Å²) in [5, 5.41) is 25.9. The Labute approximate surface area is 307 Å². The zero-order valence-corrected chi connectivity index (χ0v) is 33.5. The highest BCUT2D eigenvalue weighted by molar-refractivity contribution is 7.47. The summed E-state index contributed by atoms with van der Waals surface area (Å²) in [5.41, 5.74) is 0. The van der Waals surface area contributed by atoms with Crippen molar-refractivity contribution in [3.8, 4) is 0 Å². The van der Waals surface area contributed by atoms with E-state index in [0.717, 1.165) is 25.7 Å². The number of rotatable bonds is 41. The van der Waals surface area contributed by atoms with Crippen LogP contribution in [0.4, 0.5) is 0 Å². The van der Waals surface area contributed by atoms with Crippen LogP contribution in [0.5, 0.6) is 0 Å². The minimum absolute atomic E-state index is 0.0108. The van der Waals surface area contributed by atoms with E-state index in [1.165, 1.54) is 154 Å². The third-order valence-corrected chi connectivity index (χ3v) is 9.39. The normalized spacial score (nSPS) is 11.7. The lowest BCUT2D eigenvalue weighted by Gasteiger charge is -2.17. The molecule has 0 aromatic carbocycles. The van der Waals surface area contributed by atoms with Gasteiger partial charge in [-0.2, -0.15) is 0 Å². The van der Waals surface area contributed by atoms with Crippen molar-refractivity contribution in [3.63, 3.8) is 0 Å². The zero-order chi connectivity index (χ0) is 37.1. The molecule has 0 rings (SSSR count). The van der Waals surface area contributed by atoms with E-state index in [0.29, 0.717) is 18.6 Å². The van der Waals surface area contributed by atoms with Gasteiger partial charge in [0.15, 0.2) is 0 Å². The van der Waals surface area contributed by atoms with E-state index in [-0.39, 0.29) is 39.6 Å². The van der Waals surface area contributed by atoms with Crippen LogP contribution >= 0.6 is 7.82 Å². The molecule has 50 heavy (non-hydrogen) atoms. The molecule has 0 amide bonds. The molecule has 0 bridgehead atoms. The molecule has 0 saturated carbocycles. The highest BCUT2D eigenvalue weighted by Gasteiger charge is 2.19. The molecule has 0 aliphatic carbocycles. The smallest absolute Gasteiger partial charge is 0.394 e. The summed E-state index contributed by atoms with van der Waals surface area (Å²) in [5.74, 6) is 0. The van der Waals surface area contributed by atoms with E-state index in [9.17, 15) is 9.46 Å². The third-order valence-electron chi connectivity index (χ3n) is 8.37. The summed E-state index contributed by atoms with van der Waals surface area (Å²) >= 11 is 0. The van der Waals surface area contributed by atoms with Crippen LogP contribution in [-0.4, -0.2) is 78.5 Å². The van der Waals surface area contributed by atoms with Crippen molar-refractivity contribution in [2.24, 2.45) is 0 Å². The van der Waals surface area contributed by atoms with Crippen molar-refractivity contribution in [3.05, 3.63) is 0 Å². The van der Waals surface area contributed by atoms with Crippen LogP contribution in [0.2, 0.25) is 0 Å². The number of aliphatic hydroxyl groups excluding tert-OH is 3. The van der Waals surface area contributed by atoms with Crippen LogP contribution < -0.4 is 0 Å². The van der Waals surface area contributed by atoms with Gasteiger partial charge in [0.2, 0.25) is 0 Å². The second-order valence-corrected chi connectivity index (χ2v) is 14.7. The molecule has 0 heterocycles. The van der Waals surface area contributed by atoms with Gasteiger partial charge in [0.1, 0.15) is 0 Å². The van der Waals surface area contributed by atoms with Crippen LogP contribution in [-0.2, 0) is 28.1 Å². The van der Waals surface area contributed by atoms with E-state index < -0.39 is 7.82 Å². The maximum atomic E-state index is 12.0. The largest absolute Gasteiger partial charge is 0.472 e. The van der Waals surface area contributed by atoms with Gasteiger partial charge in [0.25, 0.3) is 0 Å². The summed E-state index contributed by atoms with van der Waals surface area (Å²) in [6.45, 7) is 4.69. The summed E-state index contributed by atoms with van der Waals surface area (Å²) in [4.78, 5) is 24.0. The molecule has 0 atom stereocenters. The number of hydrogen-bond donors (Lipinski definition) is 4. The Hall–Kier alpha value is -0.170. The van der Waals surface area contributed by atoms with Crippen LogP contribution in [0.1, 0.15) is 194 Å². The first-order chi connectivity index (χ1) is 24.5. The predicted octanol–water partition coefficient (Wildman–Crippen LogP) is 10.1. The van der Waals surface area contributed by atoms with Gasteiger partial charge in [0.05, 0.1) is 58.2 Å². The van der Waals surface area contributed by atoms with Crippen molar-refractivity contribution in [1.29, 1.82) is 0 Å². The van der Waals surface area contributed by atoms with E-state index in [2.05, 4.69) is 13.8 Å². The Bertz CT molecular complexity index is 608. The molecule has 0 fully saturated rings. The second kappa shape index (κ2) is 45.0. The topological polar surface area (TPSA) is 147 Å². The van der Waals surface area contributed by atoms with Gasteiger partial charge in [-0.3, -0.25) is 9.05 Å². The Kier molecular flexibility index (Phi) is 46.7. The first kappa shape index (κ1) is 51.9. The van der Waals surface area contributed by atoms with E-state index in [1.807, 2.05) is 0 Å². The third kappa shape index (κ3) is 45.9.